The van der Waals surface area contributed by atoms with Gasteiger partial charge in [0, 0.05) is 16.5 Å². The number of nitrogens with zero attached hydrogens (tertiary/aromatic N) is 2. The molecule has 1 amide bonds. The standard InChI is InChI=1S/C18H20N2O2S/c1-11(2)9-12(13-7-5-6-8-19-13)15-16(22)20-14(10-21)18(3,4)23-17(15)20/h5-10,14,17H,1-4H3/b15-12-/t14-,17?/m0/s1. The second kappa shape index (κ2) is 5.64. The first-order valence-electron chi connectivity index (χ1n) is 7.63. The molecule has 0 radical (unpaired) electrons. The van der Waals surface area contributed by atoms with Gasteiger partial charge in [-0.15, -0.1) is 11.8 Å². The zero-order valence-corrected chi connectivity index (χ0v) is 14.6. The molecule has 0 N–H and O–H groups in total. The van der Waals surface area contributed by atoms with Gasteiger partial charge in [0.05, 0.1) is 11.3 Å². The first kappa shape index (κ1) is 16.0. The Morgan fingerprint density at radius 2 is 2.09 bits per heavy atom. The summed E-state index contributed by atoms with van der Waals surface area (Å²) in [5, 5.41) is -0.0692. The minimum Gasteiger partial charge on any atom is -0.311 e. The van der Waals surface area contributed by atoms with E-state index in [0.29, 0.717) is 0 Å². The van der Waals surface area contributed by atoms with Gasteiger partial charge in [-0.3, -0.25) is 9.78 Å². The van der Waals surface area contributed by atoms with Gasteiger partial charge in [-0.05, 0) is 39.8 Å². The maximum absolute atomic E-state index is 12.7. The molecule has 2 saturated heterocycles. The second-order valence-corrected chi connectivity index (χ2v) is 8.37. The number of pyridine rings is 1. The van der Waals surface area contributed by atoms with Crippen LogP contribution in [-0.2, 0) is 9.59 Å². The predicted molar refractivity (Wildman–Crippen MR) is 92.7 cm³/mol. The lowest BCUT2D eigenvalue weighted by Crippen LogP contribution is -2.56. The van der Waals surface area contributed by atoms with Crippen LogP contribution < -0.4 is 0 Å². The summed E-state index contributed by atoms with van der Waals surface area (Å²) in [6.07, 6.45) is 4.63. The number of carbonyl (C=O) groups excluding carboxylic acids is 2. The summed E-state index contributed by atoms with van der Waals surface area (Å²) in [5.74, 6) is -0.0525. The topological polar surface area (TPSA) is 50.3 Å². The second-order valence-electron chi connectivity index (χ2n) is 6.63. The Balaban J connectivity index is 2.11. The largest absolute Gasteiger partial charge is 0.311 e. The first-order valence-corrected chi connectivity index (χ1v) is 8.51. The van der Waals surface area contributed by atoms with Crippen LogP contribution >= 0.6 is 11.8 Å². The van der Waals surface area contributed by atoms with E-state index in [1.54, 1.807) is 22.9 Å². The van der Waals surface area contributed by atoms with Gasteiger partial charge < -0.3 is 9.69 Å². The molecule has 5 heteroatoms. The van der Waals surface area contributed by atoms with Crippen LogP contribution in [0.5, 0.6) is 0 Å². The molecule has 2 aliphatic rings. The fourth-order valence-electron chi connectivity index (χ4n) is 3.08. The van der Waals surface area contributed by atoms with Crippen LogP contribution in [0.4, 0.5) is 0 Å². The normalized spacial score (nSPS) is 27.1. The fraction of sp³-hybridized carbons (Fsp3) is 0.389. The van der Waals surface area contributed by atoms with E-state index in [1.807, 2.05) is 52.0 Å². The Kier molecular flexibility index (Phi) is 3.92. The van der Waals surface area contributed by atoms with E-state index < -0.39 is 0 Å². The van der Waals surface area contributed by atoms with E-state index in [2.05, 4.69) is 4.98 Å². The van der Waals surface area contributed by atoms with Gasteiger partial charge >= 0.3 is 0 Å². The molecule has 0 aromatic carbocycles. The zero-order valence-electron chi connectivity index (χ0n) is 13.7. The average Bonchev–Trinajstić information content (AvgIpc) is 2.74. The van der Waals surface area contributed by atoms with Crippen LogP contribution in [-0.4, -0.2) is 38.2 Å². The van der Waals surface area contributed by atoms with Crippen LogP contribution in [0.2, 0.25) is 0 Å². The number of aldehydes is 1. The molecule has 2 aliphatic heterocycles. The monoisotopic (exact) mass is 328 g/mol. The summed E-state index contributed by atoms with van der Waals surface area (Å²) in [4.78, 5) is 30.3. The quantitative estimate of drug-likeness (QED) is 0.486. The van der Waals surface area contributed by atoms with Gasteiger partial charge in [-0.25, -0.2) is 0 Å². The number of β-lactam (4-membered cyclic amide) rings is 1. The minimum atomic E-state index is -0.370. The van der Waals surface area contributed by atoms with Crippen molar-refractivity contribution in [2.24, 2.45) is 0 Å². The molecule has 0 spiro atoms. The van der Waals surface area contributed by atoms with Gasteiger partial charge in [0.25, 0.3) is 5.91 Å². The lowest BCUT2D eigenvalue weighted by atomic mass is 9.91. The summed E-state index contributed by atoms with van der Waals surface area (Å²) in [6, 6.07) is 5.33. The number of rotatable bonds is 3. The molecule has 0 saturated carbocycles. The smallest absolute Gasteiger partial charge is 0.255 e. The minimum absolute atomic E-state index is 0.0525. The van der Waals surface area contributed by atoms with Gasteiger partial charge in [-0.1, -0.05) is 17.7 Å². The van der Waals surface area contributed by atoms with E-state index in [0.717, 1.165) is 28.7 Å². The number of allylic oxidation sites excluding steroid dienone is 3. The molecule has 0 bridgehead atoms. The van der Waals surface area contributed by atoms with Crippen molar-refractivity contribution in [1.29, 1.82) is 0 Å². The fourth-order valence-corrected chi connectivity index (χ4v) is 4.65. The van der Waals surface area contributed by atoms with Crippen molar-refractivity contribution in [2.45, 2.75) is 43.9 Å². The number of hydrogen-bond donors (Lipinski definition) is 0. The molecular formula is C18H20N2O2S. The van der Waals surface area contributed by atoms with Crippen molar-refractivity contribution in [3.05, 3.63) is 47.3 Å². The molecule has 1 unspecified atom stereocenters. The Morgan fingerprint density at radius 3 is 2.65 bits per heavy atom. The molecule has 1 aromatic rings. The van der Waals surface area contributed by atoms with Crippen molar-refractivity contribution in [3.63, 3.8) is 0 Å². The highest BCUT2D eigenvalue weighted by molar-refractivity contribution is 8.01. The highest BCUT2D eigenvalue weighted by Gasteiger charge is 2.59. The third-order valence-electron chi connectivity index (χ3n) is 4.18. The molecule has 2 atom stereocenters. The molecule has 23 heavy (non-hydrogen) atoms. The summed E-state index contributed by atoms with van der Waals surface area (Å²) in [5.41, 5.74) is 3.53. The van der Waals surface area contributed by atoms with Gasteiger partial charge in [0.1, 0.15) is 17.7 Å². The van der Waals surface area contributed by atoms with Crippen LogP contribution in [0.15, 0.2) is 41.6 Å². The molecule has 120 valence electrons. The van der Waals surface area contributed by atoms with E-state index in [9.17, 15) is 9.59 Å². The predicted octanol–water partition coefficient (Wildman–Crippen LogP) is 3.06. The third-order valence-corrected chi connectivity index (χ3v) is 5.72. The first-order chi connectivity index (χ1) is 10.9. The lowest BCUT2D eigenvalue weighted by Gasteiger charge is -2.39. The summed E-state index contributed by atoms with van der Waals surface area (Å²) in [7, 11) is 0. The highest BCUT2D eigenvalue weighted by atomic mass is 32.2. The van der Waals surface area contributed by atoms with Crippen molar-refractivity contribution in [1.82, 2.24) is 9.88 Å². The number of aromatic nitrogens is 1. The third kappa shape index (κ3) is 2.53. The van der Waals surface area contributed by atoms with Crippen molar-refractivity contribution in [2.75, 3.05) is 0 Å². The molecule has 4 nitrogen and oxygen atoms in total. The lowest BCUT2D eigenvalue weighted by molar-refractivity contribution is -0.139. The van der Waals surface area contributed by atoms with E-state index in [1.165, 1.54) is 0 Å². The number of thioether (sulfide) groups is 1. The van der Waals surface area contributed by atoms with Crippen molar-refractivity contribution >= 4 is 29.5 Å². The maximum atomic E-state index is 12.7. The van der Waals surface area contributed by atoms with Crippen LogP contribution in [0.1, 0.15) is 33.4 Å². The zero-order chi connectivity index (χ0) is 16.8. The number of fused-ring (bicyclic) bond motifs is 1. The van der Waals surface area contributed by atoms with Gasteiger partial charge in [-0.2, -0.15) is 0 Å². The van der Waals surface area contributed by atoms with Gasteiger partial charge in [0.2, 0.25) is 0 Å². The summed E-state index contributed by atoms with van der Waals surface area (Å²) in [6.45, 7) is 8.04. The van der Waals surface area contributed by atoms with Crippen LogP contribution in [0, 0.1) is 0 Å². The Morgan fingerprint density at radius 1 is 1.35 bits per heavy atom. The molecule has 3 heterocycles. The molecule has 1 aromatic heterocycles. The molecule has 2 fully saturated rings. The Bertz CT molecular complexity index is 718. The maximum Gasteiger partial charge on any atom is 0.255 e. The van der Waals surface area contributed by atoms with Gasteiger partial charge in [0.15, 0.2) is 0 Å². The summed E-state index contributed by atoms with van der Waals surface area (Å²) >= 11 is 1.67. The number of hydrogen-bond acceptors (Lipinski definition) is 4. The van der Waals surface area contributed by atoms with Crippen molar-refractivity contribution < 1.29 is 9.59 Å². The van der Waals surface area contributed by atoms with E-state index >= 15 is 0 Å². The number of carbonyl (C=O) groups is 2. The average molecular weight is 328 g/mol. The van der Waals surface area contributed by atoms with Crippen molar-refractivity contribution in [3.8, 4) is 0 Å². The molecule has 0 aliphatic carbocycles. The number of amides is 1. The highest BCUT2D eigenvalue weighted by Crippen LogP contribution is 2.54. The van der Waals surface area contributed by atoms with E-state index in [-0.39, 0.29) is 22.1 Å². The Hall–Kier alpha value is -1.88. The molecule has 3 rings (SSSR count). The van der Waals surface area contributed by atoms with E-state index in [4.69, 9.17) is 0 Å². The van der Waals surface area contributed by atoms with Crippen LogP contribution in [0.3, 0.4) is 0 Å². The Labute approximate surface area is 140 Å². The SMILES string of the molecule is CC(C)=C/C(=C1\C(=O)N2C1SC(C)(C)[C@@H]2C=O)c1ccccn1. The molecular weight excluding hydrogens is 308 g/mol. The summed E-state index contributed by atoms with van der Waals surface area (Å²) < 4.78 is -0.274. The van der Waals surface area contributed by atoms with Crippen LogP contribution in [0.25, 0.3) is 5.57 Å².